The smallest absolute Gasteiger partial charge is 0.123 e. The highest BCUT2D eigenvalue weighted by Crippen LogP contribution is 2.18. The van der Waals surface area contributed by atoms with Crippen LogP contribution in [0.5, 0.6) is 0 Å². The SMILES string of the molecule is Fc1cccc(CN2CCC(N3CCNCC3)C2)c1. The minimum absolute atomic E-state index is 0.129. The molecule has 2 saturated heterocycles. The van der Waals surface area contributed by atoms with Gasteiger partial charge in [-0.05, 0) is 24.1 Å². The maximum atomic E-state index is 13.2. The number of hydrogen-bond donors (Lipinski definition) is 1. The van der Waals surface area contributed by atoms with E-state index in [1.54, 1.807) is 12.1 Å². The summed E-state index contributed by atoms with van der Waals surface area (Å²) in [6.07, 6.45) is 1.25. The molecule has 0 aliphatic carbocycles. The van der Waals surface area contributed by atoms with Crippen LogP contribution in [0.4, 0.5) is 4.39 Å². The second kappa shape index (κ2) is 5.99. The van der Waals surface area contributed by atoms with Crippen molar-refractivity contribution in [3.63, 3.8) is 0 Å². The number of rotatable bonds is 3. The standard InChI is InChI=1S/C15H22FN3/c16-14-3-1-2-13(10-14)11-18-7-4-15(12-18)19-8-5-17-6-9-19/h1-3,10,15,17H,4-9,11-12H2. The Balaban J connectivity index is 1.54. The molecule has 19 heavy (non-hydrogen) atoms. The molecule has 1 aromatic rings. The first kappa shape index (κ1) is 13.0. The van der Waals surface area contributed by atoms with Gasteiger partial charge in [0.1, 0.15) is 5.82 Å². The first-order valence-corrected chi connectivity index (χ1v) is 7.23. The van der Waals surface area contributed by atoms with Crippen LogP contribution in [-0.2, 0) is 6.54 Å². The lowest BCUT2D eigenvalue weighted by Gasteiger charge is -2.32. The van der Waals surface area contributed by atoms with Crippen LogP contribution < -0.4 is 5.32 Å². The summed E-state index contributed by atoms with van der Waals surface area (Å²) in [4.78, 5) is 5.05. The summed E-state index contributed by atoms with van der Waals surface area (Å²) in [5.74, 6) is -0.129. The number of benzene rings is 1. The third-order valence-corrected chi connectivity index (χ3v) is 4.21. The Morgan fingerprint density at radius 3 is 2.84 bits per heavy atom. The highest BCUT2D eigenvalue weighted by molar-refractivity contribution is 5.16. The molecule has 3 nitrogen and oxygen atoms in total. The van der Waals surface area contributed by atoms with Crippen molar-refractivity contribution in [1.29, 1.82) is 0 Å². The molecule has 0 amide bonds. The number of piperazine rings is 1. The van der Waals surface area contributed by atoms with Crippen molar-refractivity contribution in [1.82, 2.24) is 15.1 Å². The molecule has 2 fully saturated rings. The maximum Gasteiger partial charge on any atom is 0.123 e. The van der Waals surface area contributed by atoms with Gasteiger partial charge in [0.25, 0.3) is 0 Å². The lowest BCUT2D eigenvalue weighted by Crippen LogP contribution is -2.49. The van der Waals surface area contributed by atoms with Crippen molar-refractivity contribution in [3.8, 4) is 0 Å². The van der Waals surface area contributed by atoms with Gasteiger partial charge in [-0.1, -0.05) is 12.1 Å². The predicted octanol–water partition coefficient (Wildman–Crippen LogP) is 1.31. The van der Waals surface area contributed by atoms with Crippen LogP contribution in [0.25, 0.3) is 0 Å². The van der Waals surface area contributed by atoms with Crippen molar-refractivity contribution < 1.29 is 4.39 Å². The minimum Gasteiger partial charge on any atom is -0.314 e. The monoisotopic (exact) mass is 263 g/mol. The van der Waals surface area contributed by atoms with Gasteiger partial charge in [0.2, 0.25) is 0 Å². The fourth-order valence-corrected chi connectivity index (χ4v) is 3.19. The summed E-state index contributed by atoms with van der Waals surface area (Å²) in [5, 5.41) is 3.40. The van der Waals surface area contributed by atoms with Crippen LogP contribution in [0, 0.1) is 5.82 Å². The van der Waals surface area contributed by atoms with Crippen LogP contribution >= 0.6 is 0 Å². The Morgan fingerprint density at radius 1 is 1.21 bits per heavy atom. The van der Waals surface area contributed by atoms with Crippen LogP contribution in [0.1, 0.15) is 12.0 Å². The van der Waals surface area contributed by atoms with E-state index < -0.39 is 0 Å². The molecule has 1 unspecified atom stereocenters. The Morgan fingerprint density at radius 2 is 2.05 bits per heavy atom. The Kier molecular flexibility index (Phi) is 4.11. The summed E-state index contributed by atoms with van der Waals surface area (Å²) in [6.45, 7) is 7.68. The average molecular weight is 263 g/mol. The highest BCUT2D eigenvalue weighted by atomic mass is 19.1. The molecule has 1 atom stereocenters. The van der Waals surface area contributed by atoms with Gasteiger partial charge in [-0.15, -0.1) is 0 Å². The number of nitrogens with one attached hydrogen (secondary N) is 1. The zero-order chi connectivity index (χ0) is 13.1. The number of halogens is 1. The molecule has 4 heteroatoms. The van der Waals surface area contributed by atoms with E-state index in [0.717, 1.165) is 38.3 Å². The average Bonchev–Trinajstić information content (AvgIpc) is 2.88. The van der Waals surface area contributed by atoms with Crippen molar-refractivity contribution in [2.24, 2.45) is 0 Å². The lowest BCUT2D eigenvalue weighted by atomic mass is 10.2. The fraction of sp³-hybridized carbons (Fsp3) is 0.600. The number of nitrogens with zero attached hydrogens (tertiary/aromatic N) is 2. The molecular formula is C15H22FN3. The largest absolute Gasteiger partial charge is 0.314 e. The van der Waals surface area contributed by atoms with Gasteiger partial charge in [0.15, 0.2) is 0 Å². The molecule has 1 N–H and O–H groups in total. The van der Waals surface area contributed by atoms with E-state index in [1.165, 1.54) is 25.6 Å². The molecule has 104 valence electrons. The van der Waals surface area contributed by atoms with Crippen molar-refractivity contribution in [2.75, 3.05) is 39.3 Å². The van der Waals surface area contributed by atoms with Crippen LogP contribution in [0.3, 0.4) is 0 Å². The zero-order valence-corrected chi connectivity index (χ0v) is 11.3. The van der Waals surface area contributed by atoms with Gasteiger partial charge >= 0.3 is 0 Å². The zero-order valence-electron chi connectivity index (χ0n) is 11.3. The van der Waals surface area contributed by atoms with Gasteiger partial charge in [-0.2, -0.15) is 0 Å². The van der Waals surface area contributed by atoms with Gasteiger partial charge < -0.3 is 5.32 Å². The van der Waals surface area contributed by atoms with Gasteiger partial charge in [-0.25, -0.2) is 4.39 Å². The summed E-state index contributed by atoms with van der Waals surface area (Å²) in [5.41, 5.74) is 1.08. The lowest BCUT2D eigenvalue weighted by molar-refractivity contribution is 0.170. The Hall–Kier alpha value is -0.970. The topological polar surface area (TPSA) is 18.5 Å². The highest BCUT2D eigenvalue weighted by Gasteiger charge is 2.28. The van der Waals surface area contributed by atoms with Crippen LogP contribution in [0.2, 0.25) is 0 Å². The van der Waals surface area contributed by atoms with E-state index in [0.29, 0.717) is 6.04 Å². The molecule has 0 aromatic heterocycles. The second-order valence-electron chi connectivity index (χ2n) is 5.59. The van der Waals surface area contributed by atoms with E-state index in [2.05, 4.69) is 15.1 Å². The predicted molar refractivity (Wildman–Crippen MR) is 74.5 cm³/mol. The van der Waals surface area contributed by atoms with Gasteiger partial charge in [-0.3, -0.25) is 9.80 Å². The first-order chi connectivity index (χ1) is 9.31. The molecule has 0 saturated carbocycles. The van der Waals surface area contributed by atoms with E-state index >= 15 is 0 Å². The van der Waals surface area contributed by atoms with Crippen molar-refractivity contribution in [3.05, 3.63) is 35.6 Å². The molecule has 3 rings (SSSR count). The molecule has 1 aromatic carbocycles. The normalized spacial score (nSPS) is 25.8. The molecule has 0 bridgehead atoms. The minimum atomic E-state index is -0.129. The molecule has 0 spiro atoms. The van der Waals surface area contributed by atoms with E-state index in [9.17, 15) is 4.39 Å². The third kappa shape index (κ3) is 3.32. The van der Waals surface area contributed by atoms with Crippen LogP contribution in [-0.4, -0.2) is 55.1 Å². The van der Waals surface area contributed by atoms with Crippen molar-refractivity contribution >= 4 is 0 Å². The summed E-state index contributed by atoms with van der Waals surface area (Å²) < 4.78 is 13.2. The fourth-order valence-electron chi connectivity index (χ4n) is 3.19. The first-order valence-electron chi connectivity index (χ1n) is 7.23. The Labute approximate surface area is 114 Å². The summed E-state index contributed by atoms with van der Waals surface area (Å²) in [7, 11) is 0. The molecule has 2 aliphatic rings. The summed E-state index contributed by atoms with van der Waals surface area (Å²) in [6, 6.07) is 7.67. The quantitative estimate of drug-likeness (QED) is 0.887. The maximum absolute atomic E-state index is 13.2. The molecule has 2 heterocycles. The number of likely N-dealkylation sites (tertiary alicyclic amines) is 1. The van der Waals surface area contributed by atoms with E-state index in [-0.39, 0.29) is 5.82 Å². The third-order valence-electron chi connectivity index (χ3n) is 4.21. The second-order valence-corrected chi connectivity index (χ2v) is 5.59. The Bertz CT molecular complexity index is 418. The molecule has 0 radical (unpaired) electrons. The van der Waals surface area contributed by atoms with E-state index in [4.69, 9.17) is 0 Å². The molecular weight excluding hydrogens is 241 g/mol. The molecule has 2 aliphatic heterocycles. The van der Waals surface area contributed by atoms with Gasteiger partial charge in [0.05, 0.1) is 0 Å². The van der Waals surface area contributed by atoms with Crippen molar-refractivity contribution in [2.45, 2.75) is 19.0 Å². The summed E-state index contributed by atoms with van der Waals surface area (Å²) >= 11 is 0. The van der Waals surface area contributed by atoms with E-state index in [1.807, 2.05) is 6.07 Å². The number of hydrogen-bond acceptors (Lipinski definition) is 3. The van der Waals surface area contributed by atoms with Gasteiger partial charge in [0, 0.05) is 51.9 Å². The van der Waals surface area contributed by atoms with Crippen LogP contribution in [0.15, 0.2) is 24.3 Å².